The second-order valence-corrected chi connectivity index (χ2v) is 8.21. The van der Waals surface area contributed by atoms with E-state index in [0.29, 0.717) is 0 Å². The van der Waals surface area contributed by atoms with Crippen LogP contribution in [-0.4, -0.2) is 4.98 Å². The number of hydrogen-bond donors (Lipinski definition) is 0. The van der Waals surface area contributed by atoms with Crippen LogP contribution in [0.15, 0.2) is 91.1 Å². The van der Waals surface area contributed by atoms with E-state index in [1.54, 1.807) is 0 Å². The van der Waals surface area contributed by atoms with E-state index < -0.39 is 0 Å². The van der Waals surface area contributed by atoms with Crippen LogP contribution in [0.2, 0.25) is 0 Å². The Balaban J connectivity index is 1.56. The summed E-state index contributed by atoms with van der Waals surface area (Å²) in [7, 11) is 0. The van der Waals surface area contributed by atoms with Crippen molar-refractivity contribution in [3.63, 3.8) is 0 Å². The summed E-state index contributed by atoms with van der Waals surface area (Å²) < 4.78 is 0. The molecule has 0 unspecified atom stereocenters. The predicted octanol–water partition coefficient (Wildman–Crippen LogP) is 7.98. The van der Waals surface area contributed by atoms with E-state index in [9.17, 15) is 0 Å². The number of aromatic nitrogens is 1. The highest BCUT2D eigenvalue weighted by Gasteiger charge is 2.09. The summed E-state index contributed by atoms with van der Waals surface area (Å²) in [5.74, 6) is 0. The van der Waals surface area contributed by atoms with Gasteiger partial charge in [-0.3, -0.25) is 4.98 Å². The lowest BCUT2D eigenvalue weighted by atomic mass is 9.95. The van der Waals surface area contributed by atoms with Crippen molar-refractivity contribution in [3.05, 3.63) is 102 Å². The van der Waals surface area contributed by atoms with Crippen LogP contribution >= 0.6 is 0 Å². The van der Waals surface area contributed by atoms with E-state index in [-0.39, 0.29) is 0 Å². The topological polar surface area (TPSA) is 12.9 Å². The van der Waals surface area contributed by atoms with Crippen molar-refractivity contribution in [3.8, 4) is 11.1 Å². The van der Waals surface area contributed by atoms with Gasteiger partial charge in [0.15, 0.2) is 0 Å². The van der Waals surface area contributed by atoms with Gasteiger partial charge in [0.05, 0.1) is 5.52 Å². The second-order valence-electron chi connectivity index (χ2n) is 8.21. The first kappa shape index (κ1) is 17.2. The third-order valence-corrected chi connectivity index (χ3v) is 6.32. The van der Waals surface area contributed by atoms with Crippen molar-refractivity contribution >= 4 is 43.2 Å². The molecule has 1 heterocycles. The Morgan fingerprint density at radius 3 is 2.13 bits per heavy atom. The number of aryl methyl sites for hydroxylation is 2. The summed E-state index contributed by atoms with van der Waals surface area (Å²) in [5.41, 5.74) is 6.04. The summed E-state index contributed by atoms with van der Waals surface area (Å²) in [6.45, 7) is 4.35. The third kappa shape index (κ3) is 2.52. The molecule has 0 aliphatic carbocycles. The Morgan fingerprint density at radius 2 is 1.23 bits per heavy atom. The molecule has 1 nitrogen and oxygen atoms in total. The van der Waals surface area contributed by atoms with Gasteiger partial charge >= 0.3 is 0 Å². The minimum atomic E-state index is 1.07. The van der Waals surface area contributed by atoms with Crippen molar-refractivity contribution in [1.29, 1.82) is 0 Å². The molecule has 1 heteroatoms. The Bertz CT molecular complexity index is 1610. The highest BCUT2D eigenvalue weighted by molar-refractivity contribution is 6.10. The van der Waals surface area contributed by atoms with Crippen LogP contribution in [0.4, 0.5) is 0 Å². The van der Waals surface area contributed by atoms with Gasteiger partial charge in [0.1, 0.15) is 0 Å². The molecule has 5 aromatic carbocycles. The fourth-order valence-electron chi connectivity index (χ4n) is 4.75. The van der Waals surface area contributed by atoms with Crippen LogP contribution < -0.4 is 0 Å². The van der Waals surface area contributed by atoms with Gasteiger partial charge in [-0.2, -0.15) is 0 Å². The van der Waals surface area contributed by atoms with Gasteiger partial charge in [0, 0.05) is 22.5 Å². The highest BCUT2D eigenvalue weighted by Crippen LogP contribution is 2.33. The zero-order valence-electron chi connectivity index (χ0n) is 17.1. The van der Waals surface area contributed by atoms with E-state index in [0.717, 1.165) is 11.1 Å². The maximum Gasteiger partial charge on any atom is 0.0780 e. The molecule has 6 rings (SSSR count). The SMILES string of the molecule is Cc1cccc2c1ccc1cc(-c3cnc4c(c3)cc(C)c3ccccc34)ccc12. The Labute approximate surface area is 175 Å². The molecular formula is C29H21N. The van der Waals surface area contributed by atoms with Gasteiger partial charge in [-0.05, 0) is 75.7 Å². The van der Waals surface area contributed by atoms with Gasteiger partial charge in [0.25, 0.3) is 0 Å². The molecule has 0 saturated carbocycles. The molecule has 0 spiro atoms. The zero-order chi connectivity index (χ0) is 20.2. The molecule has 0 atom stereocenters. The zero-order valence-corrected chi connectivity index (χ0v) is 17.1. The largest absolute Gasteiger partial charge is 0.255 e. The summed E-state index contributed by atoms with van der Waals surface area (Å²) in [5, 5.41) is 8.90. The normalized spacial score (nSPS) is 11.7. The molecule has 30 heavy (non-hydrogen) atoms. The minimum Gasteiger partial charge on any atom is -0.255 e. The summed E-state index contributed by atoms with van der Waals surface area (Å²) in [6.07, 6.45) is 2.01. The fourth-order valence-corrected chi connectivity index (χ4v) is 4.75. The first-order valence-corrected chi connectivity index (χ1v) is 10.4. The maximum atomic E-state index is 4.87. The lowest BCUT2D eigenvalue weighted by Gasteiger charge is -2.11. The van der Waals surface area contributed by atoms with Crippen molar-refractivity contribution in [2.24, 2.45) is 0 Å². The van der Waals surface area contributed by atoms with E-state index >= 15 is 0 Å². The smallest absolute Gasteiger partial charge is 0.0780 e. The van der Waals surface area contributed by atoms with Crippen molar-refractivity contribution < 1.29 is 0 Å². The Hall–Kier alpha value is -3.71. The molecule has 0 amide bonds. The quantitative estimate of drug-likeness (QED) is 0.262. The number of hydrogen-bond acceptors (Lipinski definition) is 1. The standard InChI is InChI=1S/C29H21N/c1-18-6-5-9-27-25(18)12-11-21-15-20(10-13-26(21)27)23-16-22-14-19(2)24-7-3-4-8-28(24)29(22)30-17-23/h3-17H,1-2H3. The summed E-state index contributed by atoms with van der Waals surface area (Å²) in [4.78, 5) is 4.87. The van der Waals surface area contributed by atoms with Gasteiger partial charge in [-0.15, -0.1) is 0 Å². The first-order chi connectivity index (χ1) is 14.7. The molecule has 0 radical (unpaired) electrons. The van der Waals surface area contributed by atoms with E-state index in [4.69, 9.17) is 4.98 Å². The number of benzene rings is 5. The van der Waals surface area contributed by atoms with Crippen molar-refractivity contribution in [1.82, 2.24) is 4.98 Å². The Kier molecular flexibility index (Phi) is 3.66. The van der Waals surface area contributed by atoms with Gasteiger partial charge in [-0.25, -0.2) is 0 Å². The molecule has 6 aromatic rings. The summed E-state index contributed by atoms with van der Waals surface area (Å²) >= 11 is 0. The molecule has 0 aliphatic rings. The van der Waals surface area contributed by atoms with Crippen molar-refractivity contribution in [2.75, 3.05) is 0 Å². The van der Waals surface area contributed by atoms with Gasteiger partial charge < -0.3 is 0 Å². The maximum absolute atomic E-state index is 4.87. The molecule has 0 aliphatic heterocycles. The molecule has 0 bridgehead atoms. The van der Waals surface area contributed by atoms with Crippen LogP contribution in [0, 0.1) is 13.8 Å². The van der Waals surface area contributed by atoms with Crippen LogP contribution in [0.5, 0.6) is 0 Å². The average Bonchev–Trinajstić information content (AvgIpc) is 2.78. The van der Waals surface area contributed by atoms with Crippen LogP contribution in [0.25, 0.3) is 54.3 Å². The first-order valence-electron chi connectivity index (χ1n) is 10.4. The molecule has 0 N–H and O–H groups in total. The van der Waals surface area contributed by atoms with Crippen LogP contribution in [-0.2, 0) is 0 Å². The number of rotatable bonds is 1. The Morgan fingerprint density at radius 1 is 0.500 bits per heavy atom. The monoisotopic (exact) mass is 383 g/mol. The number of fused-ring (bicyclic) bond motifs is 6. The molecular weight excluding hydrogens is 362 g/mol. The van der Waals surface area contributed by atoms with E-state index in [1.807, 2.05) is 6.20 Å². The average molecular weight is 383 g/mol. The number of nitrogens with zero attached hydrogens (tertiary/aromatic N) is 1. The molecule has 0 fully saturated rings. The van der Waals surface area contributed by atoms with E-state index in [1.165, 1.54) is 54.4 Å². The van der Waals surface area contributed by atoms with Crippen LogP contribution in [0.1, 0.15) is 11.1 Å². The lowest BCUT2D eigenvalue weighted by Crippen LogP contribution is -1.88. The van der Waals surface area contributed by atoms with Crippen LogP contribution in [0.3, 0.4) is 0 Å². The fraction of sp³-hybridized carbons (Fsp3) is 0.0690. The van der Waals surface area contributed by atoms with Gasteiger partial charge in [-0.1, -0.05) is 66.7 Å². The second kappa shape index (κ2) is 6.40. The molecule has 142 valence electrons. The van der Waals surface area contributed by atoms with Crippen molar-refractivity contribution in [2.45, 2.75) is 13.8 Å². The molecule has 0 saturated heterocycles. The third-order valence-electron chi connectivity index (χ3n) is 6.32. The summed E-state index contributed by atoms with van der Waals surface area (Å²) in [6, 6.07) is 30.8. The van der Waals surface area contributed by atoms with E-state index in [2.05, 4.69) is 98.8 Å². The highest BCUT2D eigenvalue weighted by atomic mass is 14.7. The predicted molar refractivity (Wildman–Crippen MR) is 129 cm³/mol. The molecule has 1 aromatic heterocycles. The number of pyridine rings is 1. The van der Waals surface area contributed by atoms with Gasteiger partial charge in [0.2, 0.25) is 0 Å². The lowest BCUT2D eigenvalue weighted by molar-refractivity contribution is 1.41. The minimum absolute atomic E-state index is 1.07.